The van der Waals surface area contributed by atoms with Crippen LogP contribution in [-0.4, -0.2) is 53.0 Å². The molecule has 1 saturated heterocycles. The topological polar surface area (TPSA) is 60.9 Å². The minimum atomic E-state index is -1.03. The van der Waals surface area contributed by atoms with E-state index in [-0.39, 0.29) is 17.0 Å². The molecule has 0 aliphatic carbocycles. The number of benzene rings is 2. The molecule has 3 rings (SSSR count). The summed E-state index contributed by atoms with van der Waals surface area (Å²) in [6.45, 7) is 2.94. The molecule has 136 valence electrons. The second-order valence-electron chi connectivity index (χ2n) is 6.20. The zero-order chi connectivity index (χ0) is 18.7. The number of hydrogen-bond acceptors (Lipinski definition) is 3. The number of nitrogens with zero attached hydrogens (tertiary/aromatic N) is 2. The quantitative estimate of drug-likeness (QED) is 0.911. The van der Waals surface area contributed by atoms with Crippen LogP contribution in [0.15, 0.2) is 42.5 Å². The summed E-state index contributed by atoms with van der Waals surface area (Å²) in [6.07, 6.45) is 0. The van der Waals surface area contributed by atoms with Crippen molar-refractivity contribution in [3.63, 3.8) is 0 Å². The standard InChI is InChI=1S/C19H18F2N2O3/c20-16-6-5-15(11-17(16)21)18(24)23-9-7-22(8-10-23)12-13-1-3-14(4-2-13)19(25)26/h1-6,11H,7-10,12H2,(H,25,26). The second kappa shape index (κ2) is 7.61. The van der Waals surface area contributed by atoms with Crippen LogP contribution < -0.4 is 0 Å². The highest BCUT2D eigenvalue weighted by molar-refractivity contribution is 5.94. The first kappa shape index (κ1) is 18.0. The summed E-state index contributed by atoms with van der Waals surface area (Å²) < 4.78 is 26.3. The lowest BCUT2D eigenvalue weighted by atomic mass is 10.1. The van der Waals surface area contributed by atoms with Gasteiger partial charge in [0.2, 0.25) is 0 Å². The van der Waals surface area contributed by atoms with E-state index in [1.807, 2.05) is 0 Å². The molecular weight excluding hydrogens is 342 g/mol. The highest BCUT2D eigenvalue weighted by Crippen LogP contribution is 2.14. The normalized spacial score (nSPS) is 15.1. The molecule has 2 aromatic rings. The van der Waals surface area contributed by atoms with E-state index in [0.717, 1.165) is 17.7 Å². The van der Waals surface area contributed by atoms with Crippen LogP contribution in [0.3, 0.4) is 0 Å². The van der Waals surface area contributed by atoms with Gasteiger partial charge in [-0.25, -0.2) is 13.6 Å². The zero-order valence-corrected chi connectivity index (χ0v) is 14.0. The number of halogens is 2. The molecule has 1 aliphatic rings. The van der Waals surface area contributed by atoms with Gasteiger partial charge in [-0.2, -0.15) is 0 Å². The highest BCUT2D eigenvalue weighted by atomic mass is 19.2. The molecule has 7 heteroatoms. The molecule has 0 aromatic heterocycles. The molecule has 0 bridgehead atoms. The van der Waals surface area contributed by atoms with Gasteiger partial charge in [-0.3, -0.25) is 9.69 Å². The van der Waals surface area contributed by atoms with Crippen LogP contribution in [0, 0.1) is 11.6 Å². The Kier molecular flexibility index (Phi) is 5.27. The molecule has 0 spiro atoms. The number of amides is 1. The van der Waals surface area contributed by atoms with Crippen LogP contribution in [0.4, 0.5) is 8.78 Å². The van der Waals surface area contributed by atoms with E-state index in [4.69, 9.17) is 5.11 Å². The number of carbonyl (C=O) groups is 2. The van der Waals surface area contributed by atoms with E-state index in [2.05, 4.69) is 4.90 Å². The van der Waals surface area contributed by atoms with Crippen molar-refractivity contribution in [1.29, 1.82) is 0 Å². The molecule has 1 heterocycles. The van der Waals surface area contributed by atoms with Gasteiger partial charge in [0.1, 0.15) is 0 Å². The van der Waals surface area contributed by atoms with E-state index in [9.17, 15) is 18.4 Å². The molecule has 5 nitrogen and oxygen atoms in total. The number of carboxylic acids is 1. The Morgan fingerprint density at radius 1 is 0.885 bits per heavy atom. The van der Waals surface area contributed by atoms with Crippen molar-refractivity contribution in [2.45, 2.75) is 6.54 Å². The Balaban J connectivity index is 1.56. The van der Waals surface area contributed by atoms with Crippen molar-refractivity contribution >= 4 is 11.9 Å². The predicted molar refractivity (Wildman–Crippen MR) is 90.9 cm³/mol. The maximum Gasteiger partial charge on any atom is 0.335 e. The van der Waals surface area contributed by atoms with Crippen LogP contribution in [0.2, 0.25) is 0 Å². The summed E-state index contributed by atoms with van der Waals surface area (Å²) in [5.41, 5.74) is 1.38. The van der Waals surface area contributed by atoms with Gasteiger partial charge >= 0.3 is 5.97 Å². The average Bonchev–Trinajstić information content (AvgIpc) is 2.64. The van der Waals surface area contributed by atoms with Crippen LogP contribution in [0.5, 0.6) is 0 Å². The summed E-state index contributed by atoms with van der Waals surface area (Å²) >= 11 is 0. The first-order valence-electron chi connectivity index (χ1n) is 8.23. The molecule has 26 heavy (non-hydrogen) atoms. The minimum Gasteiger partial charge on any atom is -0.478 e. The third-order valence-electron chi connectivity index (χ3n) is 4.43. The third-order valence-corrected chi connectivity index (χ3v) is 4.43. The van der Waals surface area contributed by atoms with Gasteiger partial charge in [-0.1, -0.05) is 12.1 Å². The van der Waals surface area contributed by atoms with E-state index >= 15 is 0 Å². The van der Waals surface area contributed by atoms with Crippen molar-refractivity contribution < 1.29 is 23.5 Å². The molecule has 1 N–H and O–H groups in total. The van der Waals surface area contributed by atoms with Crippen LogP contribution in [0.1, 0.15) is 26.3 Å². The molecule has 0 saturated carbocycles. The third kappa shape index (κ3) is 4.05. The number of rotatable bonds is 4. The van der Waals surface area contributed by atoms with E-state index in [1.165, 1.54) is 6.07 Å². The van der Waals surface area contributed by atoms with Crippen molar-refractivity contribution in [2.24, 2.45) is 0 Å². The van der Waals surface area contributed by atoms with Crippen molar-refractivity contribution in [3.8, 4) is 0 Å². The first-order valence-corrected chi connectivity index (χ1v) is 8.23. The number of piperazine rings is 1. The van der Waals surface area contributed by atoms with Gasteiger partial charge in [0.25, 0.3) is 5.91 Å². The average molecular weight is 360 g/mol. The monoisotopic (exact) mass is 360 g/mol. The zero-order valence-electron chi connectivity index (χ0n) is 14.0. The Morgan fingerprint density at radius 3 is 2.08 bits per heavy atom. The molecule has 2 aromatic carbocycles. The molecule has 1 aliphatic heterocycles. The molecule has 0 atom stereocenters. The Labute approximate surface area is 149 Å². The fraction of sp³-hybridized carbons (Fsp3) is 0.263. The molecule has 1 fully saturated rings. The van der Waals surface area contributed by atoms with Gasteiger partial charge in [-0.15, -0.1) is 0 Å². The maximum absolute atomic E-state index is 13.3. The molecule has 0 radical (unpaired) electrons. The number of carboxylic acid groups (broad SMARTS) is 1. The first-order chi connectivity index (χ1) is 12.4. The maximum atomic E-state index is 13.3. The predicted octanol–water partition coefficient (Wildman–Crippen LogP) is 2.62. The lowest BCUT2D eigenvalue weighted by Gasteiger charge is -2.34. The van der Waals surface area contributed by atoms with E-state index in [0.29, 0.717) is 32.7 Å². The van der Waals surface area contributed by atoms with Crippen LogP contribution in [0.25, 0.3) is 0 Å². The molecule has 0 unspecified atom stereocenters. The SMILES string of the molecule is O=C(O)c1ccc(CN2CCN(C(=O)c3ccc(F)c(F)c3)CC2)cc1. The number of aromatic carboxylic acids is 1. The summed E-state index contributed by atoms with van der Waals surface area (Å²) in [5, 5.41) is 8.91. The summed E-state index contributed by atoms with van der Waals surface area (Å²) in [4.78, 5) is 27.0. The Bertz CT molecular complexity index is 816. The lowest BCUT2D eigenvalue weighted by Crippen LogP contribution is -2.48. The fourth-order valence-corrected chi connectivity index (χ4v) is 2.93. The Hall–Kier alpha value is -2.80. The van der Waals surface area contributed by atoms with E-state index in [1.54, 1.807) is 29.2 Å². The fourth-order valence-electron chi connectivity index (χ4n) is 2.93. The molecule has 1 amide bonds. The van der Waals surface area contributed by atoms with Gasteiger partial charge in [0.05, 0.1) is 5.56 Å². The lowest BCUT2D eigenvalue weighted by molar-refractivity contribution is 0.0627. The summed E-state index contributed by atoms with van der Waals surface area (Å²) in [7, 11) is 0. The smallest absolute Gasteiger partial charge is 0.335 e. The molecular formula is C19H18F2N2O3. The van der Waals surface area contributed by atoms with Gasteiger partial charge in [-0.05, 0) is 35.9 Å². The highest BCUT2D eigenvalue weighted by Gasteiger charge is 2.23. The van der Waals surface area contributed by atoms with Crippen molar-refractivity contribution in [2.75, 3.05) is 26.2 Å². The van der Waals surface area contributed by atoms with Crippen molar-refractivity contribution in [1.82, 2.24) is 9.80 Å². The largest absolute Gasteiger partial charge is 0.478 e. The Morgan fingerprint density at radius 2 is 1.50 bits per heavy atom. The second-order valence-corrected chi connectivity index (χ2v) is 6.20. The van der Waals surface area contributed by atoms with Gasteiger partial charge in [0.15, 0.2) is 11.6 Å². The van der Waals surface area contributed by atoms with Crippen molar-refractivity contribution in [3.05, 3.63) is 70.8 Å². The van der Waals surface area contributed by atoms with Crippen LogP contribution in [-0.2, 0) is 6.54 Å². The van der Waals surface area contributed by atoms with Gasteiger partial charge in [0, 0.05) is 38.3 Å². The summed E-state index contributed by atoms with van der Waals surface area (Å²) in [6, 6.07) is 9.87. The van der Waals surface area contributed by atoms with Gasteiger partial charge < -0.3 is 10.0 Å². The number of hydrogen-bond donors (Lipinski definition) is 1. The summed E-state index contributed by atoms with van der Waals surface area (Å²) in [5.74, 6) is -3.27. The minimum absolute atomic E-state index is 0.140. The van der Waals surface area contributed by atoms with Crippen LogP contribution >= 0.6 is 0 Å². The number of carbonyl (C=O) groups excluding carboxylic acids is 1. The van der Waals surface area contributed by atoms with E-state index < -0.39 is 17.6 Å².